The summed E-state index contributed by atoms with van der Waals surface area (Å²) in [6.45, 7) is 0. The van der Waals surface area contributed by atoms with Crippen LogP contribution in [0.15, 0.2) is 22.7 Å². The van der Waals surface area contributed by atoms with E-state index >= 15 is 0 Å². The summed E-state index contributed by atoms with van der Waals surface area (Å²) in [6, 6.07) is 4.27. The van der Waals surface area contributed by atoms with Gasteiger partial charge in [-0.25, -0.2) is 4.39 Å². The minimum Gasteiger partial charge on any atom is -0.367 e. The standard InChI is InChI=1S/C14H14ClFN2O/c15-11-7-9(16)5-6-10(11)12-13(18-19-14(12)17)8-3-1-2-4-8/h5-8H,1-4,17H2. The Balaban J connectivity index is 2.10. The lowest BCUT2D eigenvalue weighted by atomic mass is 9.95. The molecule has 1 aliphatic rings. The van der Waals surface area contributed by atoms with Crippen LogP contribution in [-0.4, -0.2) is 5.16 Å². The zero-order valence-corrected chi connectivity index (χ0v) is 11.1. The third-order valence-electron chi connectivity index (χ3n) is 3.69. The van der Waals surface area contributed by atoms with E-state index in [1.807, 2.05) is 0 Å². The topological polar surface area (TPSA) is 52.0 Å². The number of rotatable bonds is 2. The fourth-order valence-electron chi connectivity index (χ4n) is 2.76. The molecule has 1 heterocycles. The first-order valence-electron chi connectivity index (χ1n) is 6.37. The monoisotopic (exact) mass is 280 g/mol. The number of hydrogen-bond acceptors (Lipinski definition) is 3. The van der Waals surface area contributed by atoms with Crippen LogP contribution < -0.4 is 5.73 Å². The quantitative estimate of drug-likeness (QED) is 0.888. The van der Waals surface area contributed by atoms with Crippen molar-refractivity contribution in [1.82, 2.24) is 5.16 Å². The Morgan fingerprint density at radius 3 is 2.74 bits per heavy atom. The van der Waals surface area contributed by atoms with Crippen molar-refractivity contribution in [2.24, 2.45) is 0 Å². The first kappa shape index (κ1) is 12.5. The second kappa shape index (κ2) is 4.85. The van der Waals surface area contributed by atoms with Crippen molar-refractivity contribution >= 4 is 17.5 Å². The van der Waals surface area contributed by atoms with Crippen LogP contribution in [0.25, 0.3) is 11.1 Å². The Hall–Kier alpha value is -1.55. The van der Waals surface area contributed by atoms with Crippen molar-refractivity contribution in [3.63, 3.8) is 0 Å². The third kappa shape index (κ3) is 2.21. The Morgan fingerprint density at radius 1 is 1.32 bits per heavy atom. The van der Waals surface area contributed by atoms with E-state index < -0.39 is 0 Å². The van der Waals surface area contributed by atoms with Gasteiger partial charge in [0.1, 0.15) is 5.82 Å². The van der Waals surface area contributed by atoms with Crippen molar-refractivity contribution in [3.05, 3.63) is 34.7 Å². The maximum Gasteiger partial charge on any atom is 0.230 e. The van der Waals surface area contributed by atoms with E-state index in [0.29, 0.717) is 16.5 Å². The van der Waals surface area contributed by atoms with Gasteiger partial charge in [0.05, 0.1) is 16.3 Å². The third-order valence-corrected chi connectivity index (χ3v) is 4.00. The van der Waals surface area contributed by atoms with Crippen LogP contribution in [0, 0.1) is 5.82 Å². The van der Waals surface area contributed by atoms with E-state index in [2.05, 4.69) is 5.16 Å². The lowest BCUT2D eigenvalue weighted by molar-refractivity contribution is 0.420. The first-order valence-corrected chi connectivity index (χ1v) is 6.75. The largest absolute Gasteiger partial charge is 0.367 e. The molecule has 100 valence electrons. The molecule has 2 aromatic rings. The van der Waals surface area contributed by atoms with E-state index in [0.717, 1.165) is 24.1 Å². The first-order chi connectivity index (χ1) is 9.16. The molecular weight excluding hydrogens is 267 g/mol. The second-order valence-electron chi connectivity index (χ2n) is 4.91. The molecule has 0 unspecified atom stereocenters. The fraction of sp³-hybridized carbons (Fsp3) is 0.357. The molecule has 0 amide bonds. The van der Waals surface area contributed by atoms with E-state index in [-0.39, 0.29) is 11.7 Å². The molecule has 1 aromatic carbocycles. The van der Waals surface area contributed by atoms with Crippen LogP contribution >= 0.6 is 11.6 Å². The fourth-order valence-corrected chi connectivity index (χ4v) is 3.02. The highest BCUT2D eigenvalue weighted by Crippen LogP contribution is 2.43. The number of benzene rings is 1. The summed E-state index contributed by atoms with van der Waals surface area (Å²) in [5.41, 5.74) is 8.12. The molecule has 1 aliphatic carbocycles. The normalized spacial score (nSPS) is 16.1. The summed E-state index contributed by atoms with van der Waals surface area (Å²) in [5, 5.41) is 4.41. The molecule has 1 saturated carbocycles. The highest BCUT2D eigenvalue weighted by molar-refractivity contribution is 6.33. The molecule has 0 aliphatic heterocycles. The molecular formula is C14H14ClFN2O. The zero-order chi connectivity index (χ0) is 13.4. The molecule has 2 N–H and O–H groups in total. The minimum atomic E-state index is -0.369. The Morgan fingerprint density at radius 2 is 2.05 bits per heavy atom. The van der Waals surface area contributed by atoms with Crippen molar-refractivity contribution in [3.8, 4) is 11.1 Å². The van der Waals surface area contributed by atoms with Crippen molar-refractivity contribution in [2.75, 3.05) is 5.73 Å². The molecule has 0 bridgehead atoms. The maximum absolute atomic E-state index is 13.1. The molecule has 19 heavy (non-hydrogen) atoms. The number of halogens is 2. The molecule has 0 radical (unpaired) electrons. The van der Waals surface area contributed by atoms with E-state index in [1.165, 1.54) is 25.0 Å². The van der Waals surface area contributed by atoms with Crippen molar-refractivity contribution < 1.29 is 8.91 Å². The van der Waals surface area contributed by atoms with Gasteiger partial charge in [-0.2, -0.15) is 0 Å². The predicted octanol–water partition coefficient (Wildman–Crippen LogP) is 4.37. The summed E-state index contributed by atoms with van der Waals surface area (Å²) < 4.78 is 18.3. The summed E-state index contributed by atoms with van der Waals surface area (Å²) in [6.07, 6.45) is 4.54. The van der Waals surface area contributed by atoms with Gasteiger partial charge >= 0.3 is 0 Å². The summed E-state index contributed by atoms with van der Waals surface area (Å²) >= 11 is 6.11. The van der Waals surface area contributed by atoms with Crippen LogP contribution in [-0.2, 0) is 0 Å². The molecule has 5 heteroatoms. The number of nitrogen functional groups attached to an aromatic ring is 1. The predicted molar refractivity (Wildman–Crippen MR) is 72.5 cm³/mol. The molecule has 0 atom stereocenters. The number of aromatic nitrogens is 1. The zero-order valence-electron chi connectivity index (χ0n) is 10.3. The average Bonchev–Trinajstić information content (AvgIpc) is 2.99. The SMILES string of the molecule is Nc1onc(C2CCCC2)c1-c1ccc(F)cc1Cl. The van der Waals surface area contributed by atoms with Crippen LogP contribution in [0.4, 0.5) is 10.3 Å². The molecule has 1 fully saturated rings. The molecule has 0 saturated heterocycles. The molecule has 3 nitrogen and oxygen atoms in total. The van der Waals surface area contributed by atoms with E-state index in [4.69, 9.17) is 21.9 Å². The lowest BCUT2D eigenvalue weighted by Gasteiger charge is -2.09. The van der Waals surface area contributed by atoms with E-state index in [1.54, 1.807) is 6.07 Å². The number of anilines is 1. The average molecular weight is 281 g/mol. The summed E-state index contributed by atoms with van der Waals surface area (Å²) in [4.78, 5) is 0. The molecule has 3 rings (SSSR count). The van der Waals surface area contributed by atoms with Gasteiger partial charge in [0.2, 0.25) is 5.88 Å². The second-order valence-corrected chi connectivity index (χ2v) is 5.32. The summed E-state index contributed by atoms with van der Waals surface area (Å²) in [7, 11) is 0. The number of nitrogens with zero attached hydrogens (tertiary/aromatic N) is 1. The van der Waals surface area contributed by atoms with Crippen molar-refractivity contribution in [1.29, 1.82) is 0 Å². The van der Waals surface area contributed by atoms with Gasteiger partial charge in [-0.15, -0.1) is 0 Å². The molecule has 0 spiro atoms. The van der Waals surface area contributed by atoms with Crippen LogP contribution in [0.3, 0.4) is 0 Å². The van der Waals surface area contributed by atoms with Gasteiger partial charge in [-0.1, -0.05) is 29.6 Å². The van der Waals surface area contributed by atoms with Gasteiger partial charge < -0.3 is 10.3 Å². The molecule has 1 aromatic heterocycles. The Bertz CT molecular complexity index is 605. The maximum atomic E-state index is 13.1. The lowest BCUT2D eigenvalue weighted by Crippen LogP contribution is -1.97. The van der Waals surface area contributed by atoms with Crippen molar-refractivity contribution in [2.45, 2.75) is 31.6 Å². The number of nitrogens with two attached hydrogens (primary N) is 1. The van der Waals surface area contributed by atoms with Gasteiger partial charge in [0.25, 0.3) is 0 Å². The van der Waals surface area contributed by atoms with Gasteiger partial charge in [-0.3, -0.25) is 0 Å². The van der Waals surface area contributed by atoms with Crippen LogP contribution in [0.5, 0.6) is 0 Å². The highest BCUT2D eigenvalue weighted by Gasteiger charge is 2.27. The van der Waals surface area contributed by atoms with Gasteiger partial charge in [0.15, 0.2) is 0 Å². The van der Waals surface area contributed by atoms with Crippen LogP contribution in [0.1, 0.15) is 37.3 Å². The smallest absolute Gasteiger partial charge is 0.230 e. The summed E-state index contributed by atoms with van der Waals surface area (Å²) in [5.74, 6) is 0.235. The Kier molecular flexibility index (Phi) is 3.19. The van der Waals surface area contributed by atoms with E-state index in [9.17, 15) is 4.39 Å². The van der Waals surface area contributed by atoms with Crippen LogP contribution in [0.2, 0.25) is 5.02 Å². The number of hydrogen-bond donors (Lipinski definition) is 1. The van der Waals surface area contributed by atoms with Gasteiger partial charge in [0, 0.05) is 11.5 Å². The van der Waals surface area contributed by atoms with Gasteiger partial charge in [-0.05, 0) is 31.0 Å². The highest BCUT2D eigenvalue weighted by atomic mass is 35.5. The minimum absolute atomic E-state index is 0.246. The Labute approximate surface area is 115 Å².